The van der Waals surface area contributed by atoms with Gasteiger partial charge in [-0.15, -0.1) is 0 Å². The van der Waals surface area contributed by atoms with Crippen molar-refractivity contribution in [1.82, 2.24) is 20.1 Å². The Hall–Kier alpha value is -1.68. The first kappa shape index (κ1) is 12.8. The lowest BCUT2D eigenvalue weighted by Crippen LogP contribution is -2.23. The second-order valence-electron chi connectivity index (χ2n) is 4.48. The molecule has 1 N–H and O–H groups in total. The van der Waals surface area contributed by atoms with Gasteiger partial charge in [-0.1, -0.05) is 13.0 Å². The maximum Gasteiger partial charge on any atom is 0.0540 e. The van der Waals surface area contributed by atoms with Crippen molar-refractivity contribution in [2.75, 3.05) is 6.54 Å². The first-order chi connectivity index (χ1) is 8.72. The van der Waals surface area contributed by atoms with Gasteiger partial charge in [-0.2, -0.15) is 5.10 Å². The topological polar surface area (TPSA) is 42.7 Å². The van der Waals surface area contributed by atoms with Crippen LogP contribution >= 0.6 is 0 Å². The summed E-state index contributed by atoms with van der Waals surface area (Å²) < 4.78 is 1.92. The number of likely N-dealkylation sites (N-methyl/N-ethyl adjacent to an activating group) is 1. The van der Waals surface area contributed by atoms with Crippen LogP contribution in [0, 0.1) is 6.92 Å². The van der Waals surface area contributed by atoms with Gasteiger partial charge in [0.15, 0.2) is 0 Å². The van der Waals surface area contributed by atoms with Gasteiger partial charge in [-0.3, -0.25) is 9.67 Å². The second-order valence-corrected chi connectivity index (χ2v) is 4.48. The Morgan fingerprint density at radius 1 is 1.39 bits per heavy atom. The van der Waals surface area contributed by atoms with Gasteiger partial charge in [0.2, 0.25) is 0 Å². The van der Waals surface area contributed by atoms with Gasteiger partial charge in [-0.25, -0.2) is 0 Å². The summed E-state index contributed by atoms with van der Waals surface area (Å²) in [6, 6.07) is 4.39. The number of hydrogen-bond donors (Lipinski definition) is 1. The van der Waals surface area contributed by atoms with E-state index in [0.717, 1.165) is 13.0 Å². The van der Waals surface area contributed by atoms with Crippen LogP contribution in [0.4, 0.5) is 0 Å². The minimum Gasteiger partial charge on any atom is -0.310 e. The van der Waals surface area contributed by atoms with Crippen LogP contribution in [0.3, 0.4) is 0 Å². The fraction of sp³-hybridized carbons (Fsp3) is 0.429. The van der Waals surface area contributed by atoms with Gasteiger partial charge in [0, 0.05) is 36.7 Å². The van der Waals surface area contributed by atoms with E-state index in [-0.39, 0.29) is 0 Å². The third-order valence-corrected chi connectivity index (χ3v) is 3.26. The fourth-order valence-corrected chi connectivity index (χ4v) is 2.15. The summed E-state index contributed by atoms with van der Waals surface area (Å²) in [6.07, 6.45) is 6.63. The van der Waals surface area contributed by atoms with Crippen LogP contribution in [0.5, 0.6) is 0 Å². The summed E-state index contributed by atoms with van der Waals surface area (Å²) in [7, 11) is 1.98. The predicted octanol–water partition coefficient (Wildman–Crippen LogP) is 2.02. The molecule has 0 fully saturated rings. The van der Waals surface area contributed by atoms with Crippen LogP contribution in [0.2, 0.25) is 0 Å². The summed E-state index contributed by atoms with van der Waals surface area (Å²) in [5.41, 5.74) is 3.72. The minimum atomic E-state index is 0.299. The number of aryl methyl sites for hydroxylation is 1. The minimum absolute atomic E-state index is 0.299. The molecular weight excluding hydrogens is 224 g/mol. The van der Waals surface area contributed by atoms with Crippen LogP contribution in [0.1, 0.15) is 29.8 Å². The van der Waals surface area contributed by atoms with Crippen molar-refractivity contribution in [3.8, 4) is 0 Å². The zero-order valence-corrected chi connectivity index (χ0v) is 11.2. The van der Waals surface area contributed by atoms with E-state index in [1.54, 1.807) is 6.20 Å². The smallest absolute Gasteiger partial charge is 0.0540 e. The molecule has 0 amide bonds. The highest BCUT2D eigenvalue weighted by Crippen LogP contribution is 2.20. The van der Waals surface area contributed by atoms with Crippen molar-refractivity contribution in [2.24, 2.45) is 7.05 Å². The van der Waals surface area contributed by atoms with E-state index in [1.165, 1.54) is 16.8 Å². The number of hydrogen-bond acceptors (Lipinski definition) is 3. The van der Waals surface area contributed by atoms with Crippen LogP contribution < -0.4 is 5.32 Å². The van der Waals surface area contributed by atoms with Gasteiger partial charge in [0.1, 0.15) is 0 Å². The molecule has 0 aliphatic rings. The SMILES string of the molecule is CCNC(Cc1cccnc1)c1cnn(C)c1C. The molecule has 0 saturated carbocycles. The van der Waals surface area contributed by atoms with Gasteiger partial charge in [0.05, 0.1) is 6.20 Å². The first-order valence-corrected chi connectivity index (χ1v) is 6.33. The largest absolute Gasteiger partial charge is 0.310 e. The predicted molar refractivity (Wildman–Crippen MR) is 72.3 cm³/mol. The van der Waals surface area contributed by atoms with Crippen LogP contribution in [0.15, 0.2) is 30.7 Å². The monoisotopic (exact) mass is 244 g/mol. The first-order valence-electron chi connectivity index (χ1n) is 6.33. The zero-order valence-electron chi connectivity index (χ0n) is 11.2. The number of rotatable bonds is 5. The highest BCUT2D eigenvalue weighted by atomic mass is 15.3. The molecule has 96 valence electrons. The average molecular weight is 244 g/mol. The van der Waals surface area contributed by atoms with Crippen molar-refractivity contribution in [3.63, 3.8) is 0 Å². The highest BCUT2D eigenvalue weighted by Gasteiger charge is 2.16. The number of nitrogens with one attached hydrogen (secondary N) is 1. The molecule has 2 aromatic rings. The Kier molecular flexibility index (Phi) is 4.10. The Labute approximate surface area is 108 Å². The number of nitrogens with zero attached hydrogens (tertiary/aromatic N) is 3. The molecule has 1 atom stereocenters. The van der Waals surface area contributed by atoms with Crippen molar-refractivity contribution < 1.29 is 0 Å². The molecule has 18 heavy (non-hydrogen) atoms. The van der Waals surface area contributed by atoms with E-state index in [9.17, 15) is 0 Å². The molecule has 0 radical (unpaired) electrons. The molecule has 0 aliphatic carbocycles. The summed E-state index contributed by atoms with van der Waals surface area (Å²) in [5, 5.41) is 7.84. The summed E-state index contributed by atoms with van der Waals surface area (Å²) in [4.78, 5) is 4.17. The molecular formula is C14H20N4. The lowest BCUT2D eigenvalue weighted by molar-refractivity contribution is 0.545. The van der Waals surface area contributed by atoms with Crippen molar-refractivity contribution in [3.05, 3.63) is 47.5 Å². The molecule has 4 nitrogen and oxygen atoms in total. The van der Waals surface area contributed by atoms with E-state index in [4.69, 9.17) is 0 Å². The van der Waals surface area contributed by atoms with Crippen LogP contribution in [0.25, 0.3) is 0 Å². The molecule has 2 heterocycles. The van der Waals surface area contributed by atoms with E-state index in [2.05, 4.69) is 35.3 Å². The third kappa shape index (κ3) is 2.76. The molecule has 2 aromatic heterocycles. The van der Waals surface area contributed by atoms with Gasteiger partial charge in [0.25, 0.3) is 0 Å². The van der Waals surface area contributed by atoms with Gasteiger partial charge in [-0.05, 0) is 31.5 Å². The molecule has 0 bridgehead atoms. The zero-order chi connectivity index (χ0) is 13.0. The molecule has 4 heteroatoms. The van der Waals surface area contributed by atoms with Crippen LogP contribution in [-0.4, -0.2) is 21.3 Å². The van der Waals surface area contributed by atoms with E-state index < -0.39 is 0 Å². The molecule has 0 saturated heterocycles. The standard InChI is InChI=1S/C14H20N4/c1-4-16-14(8-12-6-5-7-15-9-12)13-10-17-18(3)11(13)2/h5-7,9-10,14,16H,4,8H2,1-3H3. The quantitative estimate of drug-likeness (QED) is 0.875. The Morgan fingerprint density at radius 2 is 2.22 bits per heavy atom. The van der Waals surface area contributed by atoms with Gasteiger partial charge >= 0.3 is 0 Å². The van der Waals surface area contributed by atoms with Crippen molar-refractivity contribution in [1.29, 1.82) is 0 Å². The Morgan fingerprint density at radius 3 is 2.78 bits per heavy atom. The lowest BCUT2D eigenvalue weighted by Gasteiger charge is -2.17. The average Bonchev–Trinajstić information content (AvgIpc) is 2.71. The Bertz CT molecular complexity index is 490. The van der Waals surface area contributed by atoms with Crippen molar-refractivity contribution in [2.45, 2.75) is 26.3 Å². The third-order valence-electron chi connectivity index (χ3n) is 3.26. The maximum absolute atomic E-state index is 4.32. The highest BCUT2D eigenvalue weighted by molar-refractivity contribution is 5.23. The van der Waals surface area contributed by atoms with Crippen molar-refractivity contribution >= 4 is 0 Å². The van der Waals surface area contributed by atoms with Gasteiger partial charge < -0.3 is 5.32 Å². The number of aromatic nitrogens is 3. The maximum atomic E-state index is 4.32. The van der Waals surface area contributed by atoms with E-state index in [0.29, 0.717) is 6.04 Å². The normalized spacial score (nSPS) is 12.6. The molecule has 0 spiro atoms. The van der Waals surface area contributed by atoms with E-state index in [1.807, 2.05) is 30.2 Å². The fourth-order valence-electron chi connectivity index (χ4n) is 2.15. The molecule has 0 aromatic carbocycles. The Balaban J connectivity index is 2.21. The van der Waals surface area contributed by atoms with E-state index >= 15 is 0 Å². The molecule has 0 aliphatic heterocycles. The molecule has 1 unspecified atom stereocenters. The lowest BCUT2D eigenvalue weighted by atomic mass is 10.0. The number of pyridine rings is 1. The summed E-state index contributed by atoms with van der Waals surface area (Å²) in [6.45, 7) is 5.18. The second kappa shape index (κ2) is 5.78. The summed E-state index contributed by atoms with van der Waals surface area (Å²) in [5.74, 6) is 0. The molecule has 2 rings (SSSR count). The van der Waals surface area contributed by atoms with Crippen LogP contribution in [-0.2, 0) is 13.5 Å². The summed E-state index contributed by atoms with van der Waals surface area (Å²) >= 11 is 0.